The maximum atomic E-state index is 15.3. The SMILES string of the molecule is CC(NC(=O)COCCCCOc1ccc(-c2ccc(N3C(=S)N(c4ccc(C#N)c(C(F)(F)F)c4F)C(=O)C3(C)C)cn2)cc1)C(C)(C)C. The summed E-state index contributed by atoms with van der Waals surface area (Å²) in [4.78, 5) is 32.1. The molecule has 1 aliphatic rings. The second-order valence-electron chi connectivity index (χ2n) is 13.4. The van der Waals surface area contributed by atoms with Gasteiger partial charge < -0.3 is 19.7 Å². The molecule has 1 fully saturated rings. The Kier molecular flexibility index (Phi) is 11.5. The minimum absolute atomic E-state index is 0.0154. The number of hydrogen-bond acceptors (Lipinski definition) is 7. The molecule has 266 valence electrons. The van der Waals surface area contributed by atoms with E-state index in [1.807, 2.05) is 19.1 Å². The minimum Gasteiger partial charge on any atom is -0.494 e. The number of benzene rings is 2. The number of nitrogens with zero attached hydrogens (tertiary/aromatic N) is 4. The third-order valence-electron chi connectivity index (χ3n) is 8.45. The maximum absolute atomic E-state index is 15.3. The topological polar surface area (TPSA) is 108 Å². The van der Waals surface area contributed by atoms with Gasteiger partial charge in [-0.05, 0) is 99.8 Å². The van der Waals surface area contributed by atoms with E-state index >= 15 is 4.39 Å². The lowest BCUT2D eigenvalue weighted by Gasteiger charge is -2.29. The molecule has 3 aromatic rings. The first-order chi connectivity index (χ1) is 23.4. The van der Waals surface area contributed by atoms with E-state index < -0.39 is 40.3 Å². The van der Waals surface area contributed by atoms with Crippen molar-refractivity contribution >= 4 is 40.5 Å². The molecule has 0 aliphatic carbocycles. The number of aromatic nitrogens is 1. The van der Waals surface area contributed by atoms with Crippen molar-refractivity contribution in [2.75, 3.05) is 29.6 Å². The number of halogens is 4. The van der Waals surface area contributed by atoms with E-state index in [2.05, 4.69) is 31.1 Å². The highest BCUT2D eigenvalue weighted by Gasteiger charge is 2.52. The first-order valence-electron chi connectivity index (χ1n) is 15.9. The quantitative estimate of drug-likeness (QED) is 0.117. The van der Waals surface area contributed by atoms with Crippen LogP contribution in [-0.4, -0.2) is 53.3 Å². The Bertz CT molecular complexity index is 1770. The highest BCUT2D eigenvalue weighted by atomic mass is 32.1. The summed E-state index contributed by atoms with van der Waals surface area (Å²) in [7, 11) is 0. The molecule has 50 heavy (non-hydrogen) atoms. The highest BCUT2D eigenvalue weighted by Crippen LogP contribution is 2.42. The highest BCUT2D eigenvalue weighted by molar-refractivity contribution is 7.81. The molecule has 0 spiro atoms. The Morgan fingerprint density at radius 3 is 2.30 bits per heavy atom. The molecule has 14 heteroatoms. The van der Waals surface area contributed by atoms with Crippen LogP contribution in [0.1, 0.15) is 65.5 Å². The number of ether oxygens (including phenoxy) is 2. The van der Waals surface area contributed by atoms with E-state index in [9.17, 15) is 22.8 Å². The number of thiocarbonyl (C=S) groups is 1. The molecule has 1 aliphatic heterocycles. The number of anilines is 2. The molecule has 2 amide bonds. The van der Waals surface area contributed by atoms with Gasteiger partial charge >= 0.3 is 6.18 Å². The predicted octanol–water partition coefficient (Wildman–Crippen LogP) is 7.42. The van der Waals surface area contributed by atoms with Crippen LogP contribution in [0.5, 0.6) is 5.75 Å². The summed E-state index contributed by atoms with van der Waals surface area (Å²) in [6.07, 6.45) is -2.23. The maximum Gasteiger partial charge on any atom is 0.420 e. The lowest BCUT2D eigenvalue weighted by Crippen LogP contribution is -2.44. The standard InChI is InChI=1S/C36H39F4N5O4S/c1-22(34(2,3)4)43-29(46)21-48-17-7-8-18-49-26-13-9-23(10-14-26)27-15-12-25(20-42-27)45-33(50)44(32(47)35(45,5)6)28-16-11-24(19-41)30(31(28)37)36(38,39)40/h9-16,20,22H,7-8,17-18,21H2,1-6H3,(H,43,46). The number of carbonyl (C=O) groups excluding carboxylic acids is 2. The molecule has 2 aromatic carbocycles. The van der Waals surface area contributed by atoms with Crippen LogP contribution in [0.2, 0.25) is 0 Å². The zero-order chi connectivity index (χ0) is 37.0. The number of pyridine rings is 1. The summed E-state index contributed by atoms with van der Waals surface area (Å²) in [5, 5.41) is 11.8. The minimum atomic E-state index is -5.17. The van der Waals surface area contributed by atoms with Crippen LogP contribution in [0.4, 0.5) is 28.9 Å². The van der Waals surface area contributed by atoms with Gasteiger partial charge in [-0.25, -0.2) is 4.39 Å². The average molecular weight is 714 g/mol. The molecule has 9 nitrogen and oxygen atoms in total. The number of rotatable bonds is 12. The van der Waals surface area contributed by atoms with Gasteiger partial charge in [0.25, 0.3) is 5.91 Å². The zero-order valence-corrected chi connectivity index (χ0v) is 29.5. The Hall–Kier alpha value is -4.61. The summed E-state index contributed by atoms with van der Waals surface area (Å²) in [6, 6.07) is 13.8. The van der Waals surface area contributed by atoms with Crippen molar-refractivity contribution in [2.24, 2.45) is 5.41 Å². The normalized spacial score (nSPS) is 15.2. The van der Waals surface area contributed by atoms with Gasteiger partial charge in [-0.15, -0.1) is 0 Å². The van der Waals surface area contributed by atoms with Crippen LogP contribution in [0.15, 0.2) is 54.7 Å². The number of nitriles is 1. The van der Waals surface area contributed by atoms with Crippen molar-refractivity contribution in [1.82, 2.24) is 10.3 Å². The van der Waals surface area contributed by atoms with Gasteiger partial charge in [0.15, 0.2) is 10.9 Å². The van der Waals surface area contributed by atoms with Crippen LogP contribution in [-0.2, 0) is 20.5 Å². The van der Waals surface area contributed by atoms with Crippen LogP contribution in [0, 0.1) is 22.6 Å². The van der Waals surface area contributed by atoms with Crippen LogP contribution < -0.4 is 19.9 Å². The molecule has 0 bridgehead atoms. The van der Waals surface area contributed by atoms with Gasteiger partial charge in [-0.1, -0.05) is 20.8 Å². The molecule has 1 unspecified atom stereocenters. The van der Waals surface area contributed by atoms with Gasteiger partial charge in [0.05, 0.1) is 41.5 Å². The van der Waals surface area contributed by atoms with E-state index in [1.165, 1.54) is 31.0 Å². The van der Waals surface area contributed by atoms with Gasteiger partial charge in [0.1, 0.15) is 23.5 Å². The molecule has 4 rings (SSSR count). The van der Waals surface area contributed by atoms with E-state index in [0.29, 0.717) is 35.2 Å². The number of unbranched alkanes of at least 4 members (excludes halogenated alkanes) is 1. The molecule has 0 saturated carbocycles. The number of carbonyl (C=O) groups is 2. The third kappa shape index (κ3) is 8.39. The number of nitrogens with one attached hydrogen (secondary N) is 1. The Labute approximate surface area is 294 Å². The summed E-state index contributed by atoms with van der Waals surface area (Å²) in [5.41, 5.74) is -3.06. The van der Waals surface area contributed by atoms with Crippen molar-refractivity contribution in [3.05, 3.63) is 71.7 Å². The molecule has 1 N–H and O–H groups in total. The first-order valence-corrected chi connectivity index (χ1v) is 16.3. The number of amides is 2. The fraction of sp³-hybridized carbons (Fsp3) is 0.417. The smallest absolute Gasteiger partial charge is 0.420 e. The average Bonchev–Trinajstić information content (AvgIpc) is 3.22. The zero-order valence-electron chi connectivity index (χ0n) is 28.7. The number of alkyl halides is 3. The van der Waals surface area contributed by atoms with Gasteiger partial charge in [-0.2, -0.15) is 18.4 Å². The molecule has 1 atom stereocenters. The summed E-state index contributed by atoms with van der Waals surface area (Å²) in [5.74, 6) is -1.99. The van der Waals surface area contributed by atoms with Crippen molar-refractivity contribution in [3.8, 4) is 23.1 Å². The number of hydrogen-bond donors (Lipinski definition) is 1. The molecule has 1 aromatic heterocycles. The molecule has 2 heterocycles. The van der Waals surface area contributed by atoms with Gasteiger partial charge in [0, 0.05) is 18.2 Å². The van der Waals surface area contributed by atoms with Gasteiger partial charge in [0.2, 0.25) is 5.91 Å². The van der Waals surface area contributed by atoms with Crippen molar-refractivity contribution in [2.45, 2.75) is 72.1 Å². The van der Waals surface area contributed by atoms with E-state index in [4.69, 9.17) is 27.0 Å². The van der Waals surface area contributed by atoms with Crippen LogP contribution in [0.3, 0.4) is 0 Å². The van der Waals surface area contributed by atoms with Crippen molar-refractivity contribution in [3.63, 3.8) is 0 Å². The molecular formula is C36H39F4N5O4S. The molecule has 1 saturated heterocycles. The largest absolute Gasteiger partial charge is 0.494 e. The van der Waals surface area contributed by atoms with E-state index in [0.717, 1.165) is 30.5 Å². The lowest BCUT2D eigenvalue weighted by atomic mass is 9.88. The third-order valence-corrected chi connectivity index (χ3v) is 8.82. The fourth-order valence-electron chi connectivity index (χ4n) is 5.12. The Balaban J connectivity index is 1.34. The first kappa shape index (κ1) is 38.2. The van der Waals surface area contributed by atoms with Crippen LogP contribution >= 0.6 is 12.2 Å². The Morgan fingerprint density at radius 2 is 1.72 bits per heavy atom. The molecular weight excluding hydrogens is 674 g/mol. The second kappa shape index (κ2) is 15.1. The molecule has 0 radical (unpaired) electrons. The van der Waals surface area contributed by atoms with E-state index in [-0.39, 0.29) is 29.1 Å². The van der Waals surface area contributed by atoms with Crippen LogP contribution in [0.25, 0.3) is 11.3 Å². The van der Waals surface area contributed by atoms with Crippen molar-refractivity contribution in [1.29, 1.82) is 5.26 Å². The summed E-state index contributed by atoms with van der Waals surface area (Å²) < 4.78 is 67.6. The van der Waals surface area contributed by atoms with E-state index in [1.54, 1.807) is 24.3 Å². The monoisotopic (exact) mass is 713 g/mol. The lowest BCUT2D eigenvalue weighted by molar-refractivity contribution is -0.140. The van der Waals surface area contributed by atoms with Gasteiger partial charge in [-0.3, -0.25) is 19.5 Å². The second-order valence-corrected chi connectivity index (χ2v) is 13.8. The summed E-state index contributed by atoms with van der Waals surface area (Å²) in [6.45, 7) is 12.1. The fourth-order valence-corrected chi connectivity index (χ4v) is 5.64. The summed E-state index contributed by atoms with van der Waals surface area (Å²) >= 11 is 5.50. The predicted molar refractivity (Wildman–Crippen MR) is 185 cm³/mol. The van der Waals surface area contributed by atoms with Crippen molar-refractivity contribution < 1.29 is 36.6 Å². The Morgan fingerprint density at radius 1 is 1.06 bits per heavy atom.